The van der Waals surface area contributed by atoms with Gasteiger partial charge >= 0.3 is 0 Å². The summed E-state index contributed by atoms with van der Waals surface area (Å²) in [6.45, 7) is 3.13. The molecule has 0 unspecified atom stereocenters. The molecule has 0 radical (unpaired) electrons. The SMILES string of the molecule is CCNc1ccc(-c2ccc3c(c2)OCO3)nn1. The molecule has 5 heteroatoms. The lowest BCUT2D eigenvalue weighted by atomic mass is 10.1. The van der Waals surface area contributed by atoms with Gasteiger partial charge in [0.2, 0.25) is 6.79 Å². The molecule has 0 fully saturated rings. The maximum atomic E-state index is 5.34. The van der Waals surface area contributed by atoms with E-state index < -0.39 is 0 Å². The largest absolute Gasteiger partial charge is 0.454 e. The molecular formula is C13H13N3O2. The summed E-state index contributed by atoms with van der Waals surface area (Å²) >= 11 is 0. The minimum atomic E-state index is 0.282. The number of ether oxygens (including phenoxy) is 2. The van der Waals surface area contributed by atoms with Crippen LogP contribution in [0.15, 0.2) is 30.3 Å². The molecule has 1 N–H and O–H groups in total. The number of aromatic nitrogens is 2. The molecule has 1 aliphatic heterocycles. The van der Waals surface area contributed by atoms with Crippen LogP contribution in [-0.4, -0.2) is 23.5 Å². The summed E-state index contributed by atoms with van der Waals surface area (Å²) in [5, 5.41) is 11.4. The van der Waals surface area contributed by atoms with E-state index in [-0.39, 0.29) is 6.79 Å². The molecule has 0 spiro atoms. The van der Waals surface area contributed by atoms with Crippen molar-refractivity contribution in [2.45, 2.75) is 6.92 Å². The Hall–Kier alpha value is -2.30. The molecule has 1 aliphatic rings. The number of fused-ring (bicyclic) bond motifs is 1. The van der Waals surface area contributed by atoms with E-state index in [9.17, 15) is 0 Å². The van der Waals surface area contributed by atoms with Gasteiger partial charge in [-0.05, 0) is 37.3 Å². The van der Waals surface area contributed by atoms with Crippen molar-refractivity contribution in [1.29, 1.82) is 0 Å². The summed E-state index contributed by atoms with van der Waals surface area (Å²) in [7, 11) is 0. The summed E-state index contributed by atoms with van der Waals surface area (Å²) in [6.07, 6.45) is 0. The molecule has 92 valence electrons. The van der Waals surface area contributed by atoms with Crippen LogP contribution in [0.4, 0.5) is 5.82 Å². The highest BCUT2D eigenvalue weighted by molar-refractivity contribution is 5.64. The fourth-order valence-corrected chi connectivity index (χ4v) is 1.82. The van der Waals surface area contributed by atoms with Gasteiger partial charge < -0.3 is 14.8 Å². The first-order valence-corrected chi connectivity index (χ1v) is 5.84. The number of hydrogen-bond acceptors (Lipinski definition) is 5. The first-order valence-electron chi connectivity index (χ1n) is 5.84. The van der Waals surface area contributed by atoms with E-state index in [1.807, 2.05) is 37.3 Å². The van der Waals surface area contributed by atoms with E-state index in [4.69, 9.17) is 9.47 Å². The Morgan fingerprint density at radius 3 is 2.78 bits per heavy atom. The van der Waals surface area contributed by atoms with Crippen molar-refractivity contribution in [3.8, 4) is 22.8 Å². The molecule has 1 aromatic carbocycles. The van der Waals surface area contributed by atoms with Gasteiger partial charge in [0.1, 0.15) is 5.82 Å². The van der Waals surface area contributed by atoms with Gasteiger partial charge in [-0.1, -0.05) is 0 Å². The highest BCUT2D eigenvalue weighted by atomic mass is 16.7. The molecule has 18 heavy (non-hydrogen) atoms. The normalized spacial score (nSPS) is 12.5. The smallest absolute Gasteiger partial charge is 0.231 e. The van der Waals surface area contributed by atoms with E-state index in [0.717, 1.165) is 35.1 Å². The molecule has 5 nitrogen and oxygen atoms in total. The Kier molecular flexibility index (Phi) is 2.72. The molecule has 2 aromatic rings. The predicted octanol–water partition coefficient (Wildman–Crippen LogP) is 2.30. The van der Waals surface area contributed by atoms with Crippen molar-refractivity contribution in [2.75, 3.05) is 18.7 Å². The van der Waals surface area contributed by atoms with Gasteiger partial charge in [-0.25, -0.2) is 0 Å². The monoisotopic (exact) mass is 243 g/mol. The predicted molar refractivity (Wildman–Crippen MR) is 67.8 cm³/mol. The standard InChI is InChI=1S/C13H13N3O2/c1-2-14-13-6-4-10(15-16-13)9-3-5-11-12(7-9)18-8-17-11/h3-7H,2,8H2,1H3,(H,14,16). The fraction of sp³-hybridized carbons (Fsp3) is 0.231. The van der Waals surface area contributed by atoms with Gasteiger partial charge in [-0.3, -0.25) is 0 Å². The van der Waals surface area contributed by atoms with Gasteiger partial charge in [0.25, 0.3) is 0 Å². The second-order valence-electron chi connectivity index (χ2n) is 3.90. The van der Waals surface area contributed by atoms with Crippen LogP contribution in [-0.2, 0) is 0 Å². The van der Waals surface area contributed by atoms with E-state index >= 15 is 0 Å². The summed E-state index contributed by atoms with van der Waals surface area (Å²) < 4.78 is 10.6. The molecule has 0 amide bonds. The van der Waals surface area contributed by atoms with Crippen molar-refractivity contribution in [3.05, 3.63) is 30.3 Å². The van der Waals surface area contributed by atoms with E-state index in [1.165, 1.54) is 0 Å². The number of anilines is 1. The maximum Gasteiger partial charge on any atom is 0.231 e. The van der Waals surface area contributed by atoms with E-state index in [2.05, 4.69) is 15.5 Å². The lowest BCUT2D eigenvalue weighted by Gasteiger charge is -2.04. The quantitative estimate of drug-likeness (QED) is 0.896. The lowest BCUT2D eigenvalue weighted by Crippen LogP contribution is -2.00. The Morgan fingerprint density at radius 1 is 1.11 bits per heavy atom. The van der Waals surface area contributed by atoms with Gasteiger partial charge in [-0.2, -0.15) is 0 Å². The van der Waals surface area contributed by atoms with Crippen LogP contribution in [0.3, 0.4) is 0 Å². The first kappa shape index (κ1) is 10.8. The highest BCUT2D eigenvalue weighted by Crippen LogP contribution is 2.35. The van der Waals surface area contributed by atoms with E-state index in [0.29, 0.717) is 0 Å². The van der Waals surface area contributed by atoms with Crippen molar-refractivity contribution >= 4 is 5.82 Å². The minimum absolute atomic E-state index is 0.282. The maximum absolute atomic E-state index is 5.34. The van der Waals surface area contributed by atoms with Gasteiger partial charge in [0, 0.05) is 12.1 Å². The Morgan fingerprint density at radius 2 is 2.00 bits per heavy atom. The second kappa shape index (κ2) is 4.52. The minimum Gasteiger partial charge on any atom is -0.454 e. The van der Waals surface area contributed by atoms with Crippen LogP contribution >= 0.6 is 0 Å². The van der Waals surface area contributed by atoms with Crippen molar-refractivity contribution in [3.63, 3.8) is 0 Å². The first-order chi connectivity index (χ1) is 8.86. The van der Waals surface area contributed by atoms with Crippen LogP contribution in [0.5, 0.6) is 11.5 Å². The summed E-state index contributed by atoms with van der Waals surface area (Å²) in [5.41, 5.74) is 1.78. The zero-order chi connectivity index (χ0) is 12.4. The molecular weight excluding hydrogens is 230 g/mol. The molecule has 0 aliphatic carbocycles. The molecule has 3 rings (SSSR count). The average Bonchev–Trinajstić information content (AvgIpc) is 2.87. The molecule has 0 atom stereocenters. The number of nitrogens with one attached hydrogen (secondary N) is 1. The molecule has 0 saturated carbocycles. The number of benzene rings is 1. The third-order valence-corrected chi connectivity index (χ3v) is 2.69. The highest BCUT2D eigenvalue weighted by Gasteiger charge is 2.14. The molecule has 0 bridgehead atoms. The average molecular weight is 243 g/mol. The number of rotatable bonds is 3. The number of hydrogen-bond donors (Lipinski definition) is 1. The van der Waals surface area contributed by atoms with E-state index in [1.54, 1.807) is 0 Å². The Balaban J connectivity index is 1.90. The summed E-state index contributed by atoms with van der Waals surface area (Å²) in [5.74, 6) is 2.31. The van der Waals surface area contributed by atoms with Crippen LogP contribution < -0.4 is 14.8 Å². The summed E-state index contributed by atoms with van der Waals surface area (Å²) in [6, 6.07) is 9.60. The topological polar surface area (TPSA) is 56.3 Å². The summed E-state index contributed by atoms with van der Waals surface area (Å²) in [4.78, 5) is 0. The van der Waals surface area contributed by atoms with Crippen LogP contribution in [0, 0.1) is 0 Å². The zero-order valence-corrected chi connectivity index (χ0v) is 10.0. The zero-order valence-electron chi connectivity index (χ0n) is 10.0. The van der Waals surface area contributed by atoms with Crippen LogP contribution in [0.1, 0.15) is 6.92 Å². The lowest BCUT2D eigenvalue weighted by molar-refractivity contribution is 0.174. The molecule has 0 saturated heterocycles. The van der Waals surface area contributed by atoms with Crippen molar-refractivity contribution < 1.29 is 9.47 Å². The van der Waals surface area contributed by atoms with Crippen LogP contribution in [0.2, 0.25) is 0 Å². The van der Waals surface area contributed by atoms with Gasteiger partial charge in [0.15, 0.2) is 11.5 Å². The fourth-order valence-electron chi connectivity index (χ4n) is 1.82. The molecule has 1 aromatic heterocycles. The van der Waals surface area contributed by atoms with Crippen molar-refractivity contribution in [2.24, 2.45) is 0 Å². The Labute approximate surface area is 105 Å². The third kappa shape index (κ3) is 1.95. The third-order valence-electron chi connectivity index (χ3n) is 2.69. The second-order valence-corrected chi connectivity index (χ2v) is 3.90. The number of nitrogens with zero attached hydrogens (tertiary/aromatic N) is 2. The van der Waals surface area contributed by atoms with Crippen molar-refractivity contribution in [1.82, 2.24) is 10.2 Å². The Bertz CT molecular complexity index is 555. The van der Waals surface area contributed by atoms with Gasteiger partial charge in [-0.15, -0.1) is 10.2 Å². The van der Waals surface area contributed by atoms with Gasteiger partial charge in [0.05, 0.1) is 5.69 Å². The molecule has 2 heterocycles. The van der Waals surface area contributed by atoms with Crippen LogP contribution in [0.25, 0.3) is 11.3 Å².